The summed E-state index contributed by atoms with van der Waals surface area (Å²) in [4.78, 5) is 17.5. The van der Waals surface area contributed by atoms with E-state index < -0.39 is 0 Å². The maximum atomic E-state index is 13.1. The molecule has 1 aliphatic rings. The zero-order valence-corrected chi connectivity index (χ0v) is 16.4. The number of pyridine rings is 1. The van der Waals surface area contributed by atoms with Gasteiger partial charge in [0.25, 0.3) is 5.56 Å². The summed E-state index contributed by atoms with van der Waals surface area (Å²) in [5.74, 6) is 0.728. The highest BCUT2D eigenvalue weighted by atomic mass is 16.5. The molecule has 148 valence electrons. The van der Waals surface area contributed by atoms with Crippen molar-refractivity contribution in [1.82, 2.24) is 25.2 Å². The van der Waals surface area contributed by atoms with Crippen molar-refractivity contribution >= 4 is 10.9 Å². The number of hydrogen-bond acceptors (Lipinski definition) is 5. The van der Waals surface area contributed by atoms with E-state index in [0.29, 0.717) is 13.2 Å². The number of tetrazole rings is 1. The van der Waals surface area contributed by atoms with Gasteiger partial charge in [-0.2, -0.15) is 0 Å². The van der Waals surface area contributed by atoms with Crippen LogP contribution in [-0.4, -0.2) is 52.0 Å². The molecule has 0 radical (unpaired) electrons. The molecule has 2 N–H and O–H groups in total. The first kappa shape index (κ1) is 18.8. The molecule has 1 aliphatic heterocycles. The Labute approximate surface area is 163 Å². The lowest BCUT2D eigenvalue weighted by Gasteiger charge is -2.30. The standard InChI is InChI=1S/C20H26N6O2/c1-14-6-7-17-15(12-14)13-16(20(27)21-17)18(25-8-4-3-5-9-25)19-22-23-24-26(19)10-11-28-2/h6-7,12-13,18H,3-5,8-11H2,1-2H3,(H,21,27)/p+1/t18-/m1/s1. The van der Waals surface area contributed by atoms with E-state index in [-0.39, 0.29) is 11.6 Å². The molecule has 1 saturated heterocycles. The maximum absolute atomic E-state index is 13.1. The third-order valence-corrected chi connectivity index (χ3v) is 5.57. The van der Waals surface area contributed by atoms with Gasteiger partial charge in [0, 0.05) is 12.6 Å². The number of piperidine rings is 1. The molecule has 8 nitrogen and oxygen atoms in total. The summed E-state index contributed by atoms with van der Waals surface area (Å²) < 4.78 is 6.98. The van der Waals surface area contributed by atoms with E-state index in [2.05, 4.69) is 33.5 Å². The third kappa shape index (κ3) is 3.70. The molecule has 8 heteroatoms. The predicted octanol–water partition coefficient (Wildman–Crippen LogP) is 0.628. The van der Waals surface area contributed by atoms with Gasteiger partial charge in [0.15, 0.2) is 6.04 Å². The number of aromatic amines is 1. The molecule has 1 atom stereocenters. The van der Waals surface area contributed by atoms with Gasteiger partial charge in [0.1, 0.15) is 0 Å². The normalized spacial score (nSPS) is 16.5. The molecule has 4 rings (SSSR count). The Kier molecular flexibility index (Phi) is 5.50. The molecular weight excluding hydrogens is 356 g/mol. The Morgan fingerprint density at radius 1 is 1.25 bits per heavy atom. The molecule has 0 unspecified atom stereocenters. The van der Waals surface area contributed by atoms with Gasteiger partial charge in [0.2, 0.25) is 5.82 Å². The third-order valence-electron chi connectivity index (χ3n) is 5.57. The smallest absolute Gasteiger partial charge is 0.258 e. The van der Waals surface area contributed by atoms with Crippen molar-refractivity contribution in [1.29, 1.82) is 0 Å². The van der Waals surface area contributed by atoms with Crippen LogP contribution in [0.3, 0.4) is 0 Å². The maximum Gasteiger partial charge on any atom is 0.258 e. The monoisotopic (exact) mass is 383 g/mol. The van der Waals surface area contributed by atoms with E-state index in [0.717, 1.165) is 53.8 Å². The molecule has 28 heavy (non-hydrogen) atoms. The number of nitrogens with zero attached hydrogens (tertiary/aromatic N) is 4. The molecule has 0 amide bonds. The van der Waals surface area contributed by atoms with Gasteiger partial charge in [-0.3, -0.25) is 4.79 Å². The van der Waals surface area contributed by atoms with E-state index >= 15 is 0 Å². The van der Waals surface area contributed by atoms with Crippen LogP contribution in [0.1, 0.15) is 42.3 Å². The van der Waals surface area contributed by atoms with E-state index in [1.54, 1.807) is 11.8 Å². The molecule has 0 bridgehead atoms. The van der Waals surface area contributed by atoms with Gasteiger partial charge >= 0.3 is 0 Å². The lowest BCUT2D eigenvalue weighted by Crippen LogP contribution is -3.13. The van der Waals surface area contributed by atoms with E-state index in [9.17, 15) is 4.79 Å². The van der Waals surface area contributed by atoms with Crippen LogP contribution in [-0.2, 0) is 11.3 Å². The summed E-state index contributed by atoms with van der Waals surface area (Å²) in [5.41, 5.74) is 2.67. The molecule has 0 aliphatic carbocycles. The van der Waals surface area contributed by atoms with Crippen molar-refractivity contribution in [3.8, 4) is 0 Å². The fourth-order valence-corrected chi connectivity index (χ4v) is 4.15. The van der Waals surface area contributed by atoms with Crippen molar-refractivity contribution < 1.29 is 9.64 Å². The number of methoxy groups -OCH3 is 1. The van der Waals surface area contributed by atoms with Crippen molar-refractivity contribution in [3.05, 3.63) is 51.6 Å². The van der Waals surface area contributed by atoms with Crippen molar-refractivity contribution in [2.24, 2.45) is 0 Å². The highest BCUT2D eigenvalue weighted by Gasteiger charge is 2.34. The number of benzene rings is 1. The minimum atomic E-state index is -0.194. The predicted molar refractivity (Wildman–Crippen MR) is 105 cm³/mol. The average molecular weight is 383 g/mol. The molecule has 0 saturated carbocycles. The number of quaternary nitrogens is 1. The molecule has 1 fully saturated rings. The SMILES string of the molecule is COCCn1nnnc1[C@@H](c1cc2cc(C)ccc2[nH]c1=O)[NH+]1CCCCC1. The van der Waals surface area contributed by atoms with Gasteiger partial charge in [0.05, 0.1) is 31.8 Å². The first-order valence-corrected chi connectivity index (χ1v) is 9.90. The number of aromatic nitrogens is 5. The summed E-state index contributed by atoms with van der Waals surface area (Å²) in [6, 6.07) is 7.90. The summed E-state index contributed by atoms with van der Waals surface area (Å²) in [5, 5.41) is 13.4. The first-order valence-electron chi connectivity index (χ1n) is 9.90. The second kappa shape index (κ2) is 8.20. The molecule has 3 aromatic rings. The molecule has 3 heterocycles. The Hall–Kier alpha value is -2.58. The van der Waals surface area contributed by atoms with Crippen LogP contribution in [0.25, 0.3) is 10.9 Å². The van der Waals surface area contributed by atoms with E-state index in [4.69, 9.17) is 4.74 Å². The van der Waals surface area contributed by atoms with E-state index in [1.165, 1.54) is 11.3 Å². The largest absolute Gasteiger partial charge is 0.383 e. The number of nitrogens with one attached hydrogen (secondary N) is 2. The van der Waals surface area contributed by atoms with Crippen LogP contribution in [0.5, 0.6) is 0 Å². The number of H-pyrrole nitrogens is 1. The second-order valence-electron chi connectivity index (χ2n) is 7.55. The number of fused-ring (bicyclic) bond motifs is 1. The zero-order valence-electron chi connectivity index (χ0n) is 16.4. The van der Waals surface area contributed by atoms with Crippen molar-refractivity contribution in [3.63, 3.8) is 0 Å². The Balaban J connectivity index is 1.84. The Morgan fingerprint density at radius 2 is 2.07 bits per heavy atom. The Bertz CT molecular complexity index is 1010. The quantitative estimate of drug-likeness (QED) is 0.652. The van der Waals surface area contributed by atoms with Gasteiger partial charge in [-0.1, -0.05) is 11.6 Å². The number of aryl methyl sites for hydroxylation is 1. The topological polar surface area (TPSA) is 90.1 Å². The van der Waals surface area contributed by atoms with Gasteiger partial charge in [-0.15, -0.1) is 5.10 Å². The lowest BCUT2D eigenvalue weighted by atomic mass is 10.00. The number of hydrogen-bond donors (Lipinski definition) is 2. The summed E-state index contributed by atoms with van der Waals surface area (Å²) in [6.07, 6.45) is 3.53. The molecular formula is C20H27N6O2+. The fourth-order valence-electron chi connectivity index (χ4n) is 4.15. The van der Waals surface area contributed by atoms with Crippen LogP contribution in [0.4, 0.5) is 0 Å². The minimum Gasteiger partial charge on any atom is -0.383 e. The van der Waals surface area contributed by atoms with Crippen LogP contribution >= 0.6 is 0 Å². The first-order chi connectivity index (χ1) is 13.7. The zero-order chi connectivity index (χ0) is 19.5. The summed E-state index contributed by atoms with van der Waals surface area (Å²) in [6.45, 7) is 5.16. The Morgan fingerprint density at radius 3 is 2.86 bits per heavy atom. The lowest BCUT2D eigenvalue weighted by molar-refractivity contribution is -0.931. The fraction of sp³-hybridized carbons (Fsp3) is 0.500. The van der Waals surface area contributed by atoms with Gasteiger partial charge < -0.3 is 14.6 Å². The molecule has 1 aromatic carbocycles. The summed E-state index contributed by atoms with van der Waals surface area (Å²) >= 11 is 0. The average Bonchev–Trinajstić information content (AvgIpc) is 3.16. The van der Waals surface area contributed by atoms with Crippen LogP contribution < -0.4 is 10.5 Å². The van der Waals surface area contributed by atoms with Crippen molar-refractivity contribution in [2.75, 3.05) is 26.8 Å². The number of ether oxygens (including phenoxy) is 1. The minimum absolute atomic E-state index is 0.0688. The van der Waals surface area contributed by atoms with Crippen LogP contribution in [0.15, 0.2) is 29.1 Å². The van der Waals surface area contributed by atoms with Gasteiger partial charge in [-0.25, -0.2) is 4.68 Å². The summed E-state index contributed by atoms with van der Waals surface area (Å²) in [7, 11) is 1.66. The highest BCUT2D eigenvalue weighted by molar-refractivity contribution is 5.79. The van der Waals surface area contributed by atoms with Crippen LogP contribution in [0, 0.1) is 6.92 Å². The van der Waals surface area contributed by atoms with Crippen LogP contribution in [0.2, 0.25) is 0 Å². The highest BCUT2D eigenvalue weighted by Crippen LogP contribution is 2.20. The number of rotatable bonds is 6. The van der Waals surface area contributed by atoms with E-state index in [1.807, 2.05) is 18.2 Å². The number of likely N-dealkylation sites (tertiary alicyclic amines) is 1. The van der Waals surface area contributed by atoms with Gasteiger partial charge in [-0.05, 0) is 60.2 Å². The second-order valence-corrected chi connectivity index (χ2v) is 7.55. The van der Waals surface area contributed by atoms with Crippen molar-refractivity contribution in [2.45, 2.75) is 38.8 Å². The molecule has 2 aromatic heterocycles. The molecule has 0 spiro atoms.